The number of benzene rings is 2. The van der Waals surface area contributed by atoms with E-state index in [1.54, 1.807) is 19.2 Å². The van der Waals surface area contributed by atoms with Gasteiger partial charge in [-0.1, -0.05) is 23.7 Å². The number of aryl methyl sites for hydroxylation is 1. The highest BCUT2D eigenvalue weighted by Crippen LogP contribution is 2.47. The van der Waals surface area contributed by atoms with Gasteiger partial charge < -0.3 is 14.4 Å². The fourth-order valence-corrected chi connectivity index (χ4v) is 9.02. The van der Waals surface area contributed by atoms with Gasteiger partial charge >= 0.3 is 10.2 Å². The maximum Gasteiger partial charge on any atom is 0.304 e. The average Bonchev–Trinajstić information content (AvgIpc) is 3.10. The molecule has 1 N–H and O–H groups in total. The van der Waals surface area contributed by atoms with Gasteiger partial charge in [0.25, 0.3) is 5.91 Å². The Hall–Kier alpha value is -2.59. The summed E-state index contributed by atoms with van der Waals surface area (Å²) in [5.41, 5.74) is 4.64. The van der Waals surface area contributed by atoms with Crippen molar-refractivity contribution in [3.8, 4) is 5.75 Å². The molecule has 1 unspecified atom stereocenters. The average molecular weight is 598 g/mol. The van der Waals surface area contributed by atoms with Crippen molar-refractivity contribution in [3.05, 3.63) is 69.8 Å². The zero-order chi connectivity index (χ0) is 28.4. The van der Waals surface area contributed by atoms with Crippen molar-refractivity contribution >= 4 is 33.4 Å². The van der Waals surface area contributed by atoms with Crippen molar-refractivity contribution in [2.75, 3.05) is 44.8 Å². The number of amides is 1. The molecule has 1 saturated carbocycles. The fourth-order valence-electron chi connectivity index (χ4n) is 7.74. The molecular weight excluding hydrogens is 562 g/mol. The van der Waals surface area contributed by atoms with Crippen LogP contribution in [0.15, 0.2) is 48.0 Å². The van der Waals surface area contributed by atoms with E-state index in [9.17, 15) is 13.2 Å². The Morgan fingerprint density at radius 3 is 2.78 bits per heavy atom. The Bertz CT molecular complexity index is 1530. The lowest BCUT2D eigenvalue weighted by Gasteiger charge is -2.47. The summed E-state index contributed by atoms with van der Waals surface area (Å²) in [6.07, 6.45) is 7.75. The van der Waals surface area contributed by atoms with Gasteiger partial charge in [0.2, 0.25) is 0 Å². The second kappa shape index (κ2) is 10.3. The first-order chi connectivity index (χ1) is 19.8. The van der Waals surface area contributed by atoms with Gasteiger partial charge in [0, 0.05) is 49.3 Å². The van der Waals surface area contributed by atoms with Crippen molar-refractivity contribution in [1.82, 2.24) is 9.03 Å². The van der Waals surface area contributed by atoms with Crippen molar-refractivity contribution in [3.63, 3.8) is 0 Å². The molecule has 218 valence electrons. The Kier molecular flexibility index (Phi) is 6.84. The van der Waals surface area contributed by atoms with Gasteiger partial charge in [-0.3, -0.25) is 4.79 Å². The van der Waals surface area contributed by atoms with Gasteiger partial charge in [-0.2, -0.15) is 12.7 Å². The summed E-state index contributed by atoms with van der Waals surface area (Å²) in [6, 6.07) is 11.5. The second-order valence-electron chi connectivity index (χ2n) is 12.3. The van der Waals surface area contributed by atoms with Gasteiger partial charge in [0.15, 0.2) is 0 Å². The zero-order valence-electron chi connectivity index (χ0n) is 23.3. The van der Waals surface area contributed by atoms with E-state index in [0.29, 0.717) is 37.0 Å². The highest BCUT2D eigenvalue weighted by atomic mass is 35.5. The van der Waals surface area contributed by atoms with Crippen LogP contribution in [0.25, 0.3) is 0 Å². The van der Waals surface area contributed by atoms with E-state index >= 15 is 0 Å². The number of hydrogen-bond acceptors (Lipinski definition) is 6. The van der Waals surface area contributed by atoms with Gasteiger partial charge in [-0.15, -0.1) is 0 Å². The molecule has 1 spiro atoms. The number of nitrogens with zero attached hydrogens (tertiary/aromatic N) is 2. The third-order valence-corrected chi connectivity index (χ3v) is 11.7. The molecule has 4 bridgehead atoms. The molecule has 41 heavy (non-hydrogen) atoms. The standard InChI is InChI=1S/C31H36ClN3O5S/c1-39-29-20-10-13-35(14-11-20)41(37,38)33-30(36)22-5-9-28-27(16-22)34(17-23-4-7-25(23)29)18-31(19-40-28)12-2-3-21-15-24(32)6-8-26(21)31/h5-6,8-10,15-16,23,25,29H,2-4,7,11-14,17-19H2,1H3,(H,33,36)/t23-,25+,29-,31-/m0/s1. The minimum Gasteiger partial charge on any atom is -0.490 e. The maximum absolute atomic E-state index is 13.3. The van der Waals surface area contributed by atoms with Crippen LogP contribution in [0.1, 0.15) is 53.6 Å². The normalized spacial score (nSPS) is 32.2. The van der Waals surface area contributed by atoms with Crippen LogP contribution in [0.5, 0.6) is 5.75 Å². The Morgan fingerprint density at radius 1 is 1.15 bits per heavy atom. The van der Waals surface area contributed by atoms with E-state index in [1.165, 1.54) is 15.4 Å². The number of anilines is 1. The Morgan fingerprint density at radius 2 is 2.02 bits per heavy atom. The number of nitrogens with one attached hydrogen (secondary N) is 1. The lowest BCUT2D eigenvalue weighted by Crippen LogP contribution is -2.50. The first-order valence-electron chi connectivity index (χ1n) is 14.6. The van der Waals surface area contributed by atoms with E-state index in [2.05, 4.69) is 21.8 Å². The smallest absolute Gasteiger partial charge is 0.304 e. The fraction of sp³-hybridized carbons (Fsp3) is 0.516. The van der Waals surface area contributed by atoms with Crippen molar-refractivity contribution in [2.45, 2.75) is 50.0 Å². The molecule has 10 heteroatoms. The molecular formula is C31H36ClN3O5S. The van der Waals surface area contributed by atoms with Gasteiger partial charge in [-0.05, 0) is 97.4 Å². The third-order valence-electron chi connectivity index (χ3n) is 10.0. The molecule has 0 saturated heterocycles. The van der Waals surface area contributed by atoms with E-state index in [1.807, 2.05) is 18.2 Å². The monoisotopic (exact) mass is 597 g/mol. The number of halogens is 1. The highest BCUT2D eigenvalue weighted by molar-refractivity contribution is 7.87. The molecule has 1 fully saturated rings. The van der Waals surface area contributed by atoms with Crippen molar-refractivity contribution < 1.29 is 22.7 Å². The van der Waals surface area contributed by atoms with E-state index in [4.69, 9.17) is 21.1 Å². The summed E-state index contributed by atoms with van der Waals surface area (Å²) < 4.78 is 42.6. The van der Waals surface area contributed by atoms with Crippen LogP contribution >= 0.6 is 11.6 Å². The number of rotatable bonds is 1. The summed E-state index contributed by atoms with van der Waals surface area (Å²) in [5, 5.41) is 0.751. The number of hydrogen-bond donors (Lipinski definition) is 1. The summed E-state index contributed by atoms with van der Waals surface area (Å²) >= 11 is 6.40. The van der Waals surface area contributed by atoms with Crippen LogP contribution in [0.3, 0.4) is 0 Å². The van der Waals surface area contributed by atoms with E-state index < -0.39 is 16.1 Å². The minimum absolute atomic E-state index is 0.0427. The maximum atomic E-state index is 13.3. The number of methoxy groups -OCH3 is 1. The Labute approximate surface area is 246 Å². The Balaban J connectivity index is 1.33. The van der Waals surface area contributed by atoms with E-state index in [0.717, 1.165) is 67.2 Å². The van der Waals surface area contributed by atoms with Crippen LogP contribution in [-0.4, -0.2) is 64.6 Å². The third kappa shape index (κ3) is 4.75. The first kappa shape index (κ1) is 27.3. The summed E-state index contributed by atoms with van der Waals surface area (Å²) in [5.74, 6) is 0.840. The zero-order valence-corrected chi connectivity index (χ0v) is 24.8. The molecule has 5 atom stereocenters. The largest absolute Gasteiger partial charge is 0.490 e. The number of fused-ring (bicyclic) bond motifs is 6. The predicted octanol–water partition coefficient (Wildman–Crippen LogP) is 4.47. The van der Waals surface area contributed by atoms with Gasteiger partial charge in [0.1, 0.15) is 5.75 Å². The molecule has 0 aromatic heterocycles. The van der Waals surface area contributed by atoms with Crippen LogP contribution in [-0.2, 0) is 26.8 Å². The highest BCUT2D eigenvalue weighted by Gasteiger charge is 2.45. The van der Waals surface area contributed by atoms with Crippen LogP contribution in [0, 0.1) is 11.8 Å². The molecule has 6 aliphatic rings. The van der Waals surface area contributed by atoms with Gasteiger partial charge in [-0.25, -0.2) is 4.72 Å². The summed E-state index contributed by atoms with van der Waals surface area (Å²) in [6.45, 7) is 2.64. The van der Waals surface area contributed by atoms with Gasteiger partial charge in [0.05, 0.1) is 18.4 Å². The summed E-state index contributed by atoms with van der Waals surface area (Å²) in [7, 11) is -2.23. The quantitative estimate of drug-likeness (QED) is 0.488. The topological polar surface area (TPSA) is 88.2 Å². The molecule has 2 aliphatic carbocycles. The second-order valence-corrected chi connectivity index (χ2v) is 14.4. The van der Waals surface area contributed by atoms with Crippen molar-refractivity contribution in [1.29, 1.82) is 0 Å². The molecule has 8 nitrogen and oxygen atoms in total. The molecule has 0 radical (unpaired) electrons. The number of carbonyl (C=O) groups excluding carboxylic acids is 1. The van der Waals surface area contributed by atoms with Crippen LogP contribution in [0.4, 0.5) is 5.69 Å². The number of ether oxygens (including phenoxy) is 2. The number of carbonyl (C=O) groups is 1. The molecule has 4 aliphatic heterocycles. The first-order valence-corrected chi connectivity index (χ1v) is 16.4. The molecule has 2 aromatic carbocycles. The lowest BCUT2D eigenvalue weighted by molar-refractivity contribution is 0.00330. The predicted molar refractivity (Wildman–Crippen MR) is 158 cm³/mol. The minimum atomic E-state index is -4.00. The molecule has 1 amide bonds. The molecule has 4 heterocycles. The summed E-state index contributed by atoms with van der Waals surface area (Å²) in [4.78, 5) is 15.7. The molecule has 8 rings (SSSR count). The van der Waals surface area contributed by atoms with Crippen LogP contribution in [0.2, 0.25) is 5.02 Å². The van der Waals surface area contributed by atoms with E-state index in [-0.39, 0.29) is 18.1 Å². The van der Waals surface area contributed by atoms with Crippen molar-refractivity contribution in [2.24, 2.45) is 11.8 Å². The SMILES string of the molecule is CO[C@H]1C2=CCN(CC2)S(=O)(=O)NC(=O)c2ccc3c(c2)N(C[C@@H]2CC[C@H]21)C[C@@]1(CCCc2cc(Cl)ccc21)CO3. The lowest BCUT2D eigenvalue weighted by atomic mass is 9.67. The molecule has 2 aromatic rings. The van der Waals surface area contributed by atoms with Crippen LogP contribution < -0.4 is 14.4 Å².